The summed E-state index contributed by atoms with van der Waals surface area (Å²) in [4.78, 5) is 12.6. The van der Waals surface area contributed by atoms with E-state index in [2.05, 4.69) is 10.0 Å². The van der Waals surface area contributed by atoms with Crippen molar-refractivity contribution in [1.82, 2.24) is 0 Å². The van der Waals surface area contributed by atoms with Crippen molar-refractivity contribution in [3.8, 4) is 11.5 Å². The standard InChI is InChI=1S/C25H28N2O5S/c1-5-31-22-13-9-21(10-14-22)27-33(29,30)23-15-11-20(12-16-23)26-25(28)19(4)32-24-8-6-7-17(2)18(24)3/h6-16,19,27H,5H2,1-4H3,(H,26,28). The van der Waals surface area contributed by atoms with Crippen molar-refractivity contribution >= 4 is 27.3 Å². The summed E-state index contributed by atoms with van der Waals surface area (Å²) >= 11 is 0. The fourth-order valence-electron chi connectivity index (χ4n) is 3.06. The SMILES string of the molecule is CCOc1ccc(NS(=O)(=O)c2ccc(NC(=O)C(C)Oc3cccc(C)c3C)cc2)cc1. The number of rotatable bonds is 9. The Morgan fingerprint density at radius 3 is 2.21 bits per heavy atom. The summed E-state index contributed by atoms with van der Waals surface area (Å²) < 4.78 is 39.0. The van der Waals surface area contributed by atoms with Gasteiger partial charge in [-0.3, -0.25) is 9.52 Å². The number of benzene rings is 3. The molecule has 0 aliphatic carbocycles. The van der Waals surface area contributed by atoms with Crippen LogP contribution in [0.5, 0.6) is 11.5 Å². The zero-order chi connectivity index (χ0) is 24.0. The van der Waals surface area contributed by atoms with E-state index in [0.717, 1.165) is 11.1 Å². The van der Waals surface area contributed by atoms with E-state index in [-0.39, 0.29) is 10.8 Å². The van der Waals surface area contributed by atoms with Crippen LogP contribution in [0, 0.1) is 13.8 Å². The maximum Gasteiger partial charge on any atom is 0.265 e. The molecular weight excluding hydrogens is 440 g/mol. The molecule has 0 heterocycles. The Morgan fingerprint density at radius 2 is 1.58 bits per heavy atom. The first-order valence-electron chi connectivity index (χ1n) is 10.6. The lowest BCUT2D eigenvalue weighted by Crippen LogP contribution is -2.30. The van der Waals surface area contributed by atoms with Crippen LogP contribution in [-0.4, -0.2) is 27.0 Å². The summed E-state index contributed by atoms with van der Waals surface area (Å²) in [6.07, 6.45) is -0.727. The Hall–Kier alpha value is -3.52. The Bertz CT molecular complexity index is 1210. The lowest BCUT2D eigenvalue weighted by Gasteiger charge is -2.17. The minimum Gasteiger partial charge on any atom is -0.494 e. The summed E-state index contributed by atoms with van der Waals surface area (Å²) in [5.41, 5.74) is 2.95. The third-order valence-electron chi connectivity index (χ3n) is 5.08. The lowest BCUT2D eigenvalue weighted by molar-refractivity contribution is -0.122. The fraction of sp³-hybridized carbons (Fsp3) is 0.240. The number of hydrogen-bond acceptors (Lipinski definition) is 5. The molecule has 0 saturated carbocycles. The van der Waals surface area contributed by atoms with Gasteiger partial charge in [0.2, 0.25) is 0 Å². The summed E-state index contributed by atoms with van der Waals surface area (Å²) in [5.74, 6) is 0.981. The molecule has 33 heavy (non-hydrogen) atoms. The van der Waals surface area contributed by atoms with Gasteiger partial charge in [0.1, 0.15) is 11.5 Å². The Labute approximate surface area is 194 Å². The van der Waals surface area contributed by atoms with Gasteiger partial charge in [0, 0.05) is 11.4 Å². The largest absolute Gasteiger partial charge is 0.494 e. The predicted octanol–water partition coefficient (Wildman–Crippen LogP) is 4.91. The van der Waals surface area contributed by atoms with Crippen LogP contribution in [-0.2, 0) is 14.8 Å². The Morgan fingerprint density at radius 1 is 0.939 bits per heavy atom. The summed E-state index contributed by atoms with van der Waals surface area (Å²) in [7, 11) is -3.78. The number of ether oxygens (including phenoxy) is 2. The predicted molar refractivity (Wildman–Crippen MR) is 129 cm³/mol. The average molecular weight is 469 g/mol. The van der Waals surface area contributed by atoms with E-state index in [1.807, 2.05) is 39.0 Å². The molecule has 3 aromatic carbocycles. The highest BCUT2D eigenvalue weighted by atomic mass is 32.2. The van der Waals surface area contributed by atoms with E-state index in [0.29, 0.717) is 29.5 Å². The van der Waals surface area contributed by atoms with Gasteiger partial charge in [-0.25, -0.2) is 8.42 Å². The molecule has 1 unspecified atom stereocenters. The van der Waals surface area contributed by atoms with Crippen LogP contribution in [0.1, 0.15) is 25.0 Å². The highest BCUT2D eigenvalue weighted by molar-refractivity contribution is 7.92. The maximum atomic E-state index is 12.7. The topological polar surface area (TPSA) is 93.7 Å². The molecule has 3 rings (SSSR count). The number of hydrogen-bond donors (Lipinski definition) is 2. The van der Waals surface area contributed by atoms with Gasteiger partial charge >= 0.3 is 0 Å². The van der Waals surface area contributed by atoms with Crippen LogP contribution in [0.2, 0.25) is 0 Å². The van der Waals surface area contributed by atoms with Crippen molar-refractivity contribution in [2.24, 2.45) is 0 Å². The van der Waals surface area contributed by atoms with Crippen LogP contribution < -0.4 is 19.5 Å². The highest BCUT2D eigenvalue weighted by Gasteiger charge is 2.18. The number of carbonyl (C=O) groups excluding carboxylic acids is 1. The highest BCUT2D eigenvalue weighted by Crippen LogP contribution is 2.23. The van der Waals surface area contributed by atoms with E-state index in [9.17, 15) is 13.2 Å². The summed E-state index contributed by atoms with van der Waals surface area (Å²) in [6, 6.07) is 18.3. The van der Waals surface area contributed by atoms with E-state index >= 15 is 0 Å². The van der Waals surface area contributed by atoms with Crippen molar-refractivity contribution in [1.29, 1.82) is 0 Å². The van der Waals surface area contributed by atoms with Crippen molar-refractivity contribution < 1.29 is 22.7 Å². The first-order chi connectivity index (χ1) is 15.7. The van der Waals surface area contributed by atoms with Gasteiger partial charge in [0.15, 0.2) is 6.10 Å². The number of anilines is 2. The molecule has 2 N–H and O–H groups in total. The molecule has 0 aliphatic rings. The van der Waals surface area contributed by atoms with Crippen LogP contribution in [0.25, 0.3) is 0 Å². The number of sulfonamides is 1. The van der Waals surface area contributed by atoms with Gasteiger partial charge in [-0.1, -0.05) is 12.1 Å². The van der Waals surface area contributed by atoms with E-state index in [4.69, 9.17) is 9.47 Å². The van der Waals surface area contributed by atoms with Crippen LogP contribution >= 0.6 is 0 Å². The molecular formula is C25H28N2O5S. The molecule has 0 radical (unpaired) electrons. The first kappa shape index (κ1) is 24.1. The minimum absolute atomic E-state index is 0.0778. The van der Waals surface area contributed by atoms with Crippen molar-refractivity contribution in [2.75, 3.05) is 16.6 Å². The van der Waals surface area contributed by atoms with Gasteiger partial charge in [-0.15, -0.1) is 0 Å². The monoisotopic (exact) mass is 468 g/mol. The van der Waals surface area contributed by atoms with Crippen LogP contribution in [0.4, 0.5) is 11.4 Å². The number of aryl methyl sites for hydroxylation is 1. The number of amides is 1. The summed E-state index contributed by atoms with van der Waals surface area (Å²) in [6.45, 7) is 7.99. The zero-order valence-corrected chi connectivity index (χ0v) is 19.9. The normalized spacial score (nSPS) is 12.0. The molecule has 0 spiro atoms. The zero-order valence-electron chi connectivity index (χ0n) is 19.1. The molecule has 1 atom stereocenters. The van der Waals surface area contributed by atoms with Crippen molar-refractivity contribution in [3.05, 3.63) is 77.9 Å². The molecule has 0 bridgehead atoms. The molecule has 7 nitrogen and oxygen atoms in total. The fourth-order valence-corrected chi connectivity index (χ4v) is 4.12. The Kier molecular flexibility index (Phi) is 7.60. The second-order valence-electron chi connectivity index (χ2n) is 7.53. The average Bonchev–Trinajstić information content (AvgIpc) is 2.78. The van der Waals surface area contributed by atoms with E-state index in [1.54, 1.807) is 31.2 Å². The first-order valence-corrected chi connectivity index (χ1v) is 12.1. The van der Waals surface area contributed by atoms with Gasteiger partial charge in [-0.2, -0.15) is 0 Å². The molecule has 1 amide bonds. The van der Waals surface area contributed by atoms with E-state index < -0.39 is 16.1 Å². The quantitative estimate of drug-likeness (QED) is 0.465. The molecule has 0 fully saturated rings. The van der Waals surface area contributed by atoms with Crippen molar-refractivity contribution in [2.45, 2.75) is 38.7 Å². The molecule has 174 valence electrons. The minimum atomic E-state index is -3.78. The maximum absolute atomic E-state index is 12.7. The molecule has 3 aromatic rings. The van der Waals surface area contributed by atoms with Crippen LogP contribution in [0.15, 0.2) is 71.6 Å². The lowest BCUT2D eigenvalue weighted by atomic mass is 10.1. The molecule has 8 heteroatoms. The molecule has 0 aliphatic heterocycles. The van der Waals surface area contributed by atoms with Gasteiger partial charge < -0.3 is 14.8 Å². The van der Waals surface area contributed by atoms with Crippen molar-refractivity contribution in [3.63, 3.8) is 0 Å². The third kappa shape index (κ3) is 6.26. The third-order valence-corrected chi connectivity index (χ3v) is 6.47. The van der Waals surface area contributed by atoms with Gasteiger partial charge in [-0.05, 0) is 93.4 Å². The summed E-state index contributed by atoms with van der Waals surface area (Å²) in [5, 5.41) is 2.75. The Balaban J connectivity index is 1.62. The number of nitrogens with one attached hydrogen (secondary N) is 2. The smallest absolute Gasteiger partial charge is 0.265 e. The van der Waals surface area contributed by atoms with Gasteiger partial charge in [0.05, 0.1) is 11.5 Å². The second kappa shape index (κ2) is 10.4. The van der Waals surface area contributed by atoms with E-state index in [1.165, 1.54) is 24.3 Å². The molecule has 0 aromatic heterocycles. The molecule has 0 saturated heterocycles. The van der Waals surface area contributed by atoms with Crippen LogP contribution in [0.3, 0.4) is 0 Å². The number of carbonyl (C=O) groups is 1. The second-order valence-corrected chi connectivity index (χ2v) is 9.22. The van der Waals surface area contributed by atoms with Gasteiger partial charge in [0.25, 0.3) is 15.9 Å².